The Morgan fingerprint density at radius 3 is 1.52 bits per heavy atom. The van der Waals surface area contributed by atoms with Crippen molar-refractivity contribution >= 4 is 19.8 Å². The van der Waals surface area contributed by atoms with Gasteiger partial charge < -0.3 is 28.5 Å². The summed E-state index contributed by atoms with van der Waals surface area (Å²) in [4.78, 5) is 35.3. The molecule has 2 rings (SSSR count). The van der Waals surface area contributed by atoms with Gasteiger partial charge >= 0.3 is 19.8 Å². The predicted octanol–water partition coefficient (Wildman–Crippen LogP) is 12.6. The van der Waals surface area contributed by atoms with Gasteiger partial charge in [-0.05, 0) is 82.7 Å². The van der Waals surface area contributed by atoms with E-state index in [0.29, 0.717) is 19.4 Å². The predicted molar refractivity (Wildman–Crippen MR) is 240 cm³/mol. The minimum atomic E-state index is -4.37. The zero-order valence-corrected chi connectivity index (χ0v) is 39.3. The molecule has 0 bridgehead atoms. The summed E-state index contributed by atoms with van der Waals surface area (Å²) in [5, 5.41) is 2.83. The number of rotatable bonds is 40. The van der Waals surface area contributed by atoms with Crippen LogP contribution in [0.5, 0.6) is 0 Å². The minimum absolute atomic E-state index is 0.0279. The van der Waals surface area contributed by atoms with E-state index in [0.717, 1.165) is 100 Å². The first-order chi connectivity index (χ1) is 29.1. The maximum Gasteiger partial charge on any atom is 0.472 e. The highest BCUT2D eigenvalue weighted by atomic mass is 31.2. The van der Waals surface area contributed by atoms with Crippen LogP contribution in [-0.4, -0.2) is 56.3 Å². The zero-order valence-electron chi connectivity index (χ0n) is 38.4. The lowest BCUT2D eigenvalue weighted by Gasteiger charge is -2.20. The second-order valence-electron chi connectivity index (χ2n) is 16.7. The van der Waals surface area contributed by atoms with Gasteiger partial charge in [-0.25, -0.2) is 4.57 Å². The highest BCUT2D eigenvalue weighted by Crippen LogP contribution is 2.43. The molecule has 0 aliphatic rings. The van der Waals surface area contributed by atoms with Crippen molar-refractivity contribution in [3.05, 3.63) is 46.3 Å². The summed E-state index contributed by atoms with van der Waals surface area (Å²) in [6.45, 7) is 8.41. The van der Waals surface area contributed by atoms with E-state index in [9.17, 15) is 19.0 Å². The van der Waals surface area contributed by atoms with E-state index in [-0.39, 0.29) is 26.1 Å². The lowest BCUT2D eigenvalue weighted by molar-refractivity contribution is -0.161. The first-order valence-corrected chi connectivity index (χ1v) is 25.3. The Hall–Kier alpha value is -2.43. The molecule has 2 aromatic heterocycles. The van der Waals surface area contributed by atoms with Gasteiger partial charge in [-0.3, -0.25) is 18.6 Å². The van der Waals surface area contributed by atoms with E-state index in [4.69, 9.17) is 27.4 Å². The Labute approximate surface area is 363 Å². The lowest BCUT2D eigenvalue weighted by Crippen LogP contribution is -2.29. The molecule has 0 radical (unpaired) electrons. The van der Waals surface area contributed by atoms with Crippen molar-refractivity contribution in [3.8, 4) is 0 Å². The monoisotopic (exact) mass is 866 g/mol. The quantitative estimate of drug-likeness (QED) is 0.0375. The first kappa shape index (κ1) is 53.7. The number of phosphoric ester groups is 1. The van der Waals surface area contributed by atoms with Crippen molar-refractivity contribution in [1.29, 1.82) is 0 Å². The number of esters is 2. The topological polar surface area (TPSA) is 147 Å². The molecule has 1 unspecified atom stereocenters. The van der Waals surface area contributed by atoms with E-state index in [1.54, 1.807) is 7.05 Å². The van der Waals surface area contributed by atoms with Gasteiger partial charge in [0.2, 0.25) is 0 Å². The van der Waals surface area contributed by atoms with Gasteiger partial charge in [-0.15, -0.1) is 0 Å². The van der Waals surface area contributed by atoms with Crippen LogP contribution in [0.15, 0.2) is 21.0 Å². The number of carbonyl (C=O) groups is 2. The molecule has 0 spiro atoms. The van der Waals surface area contributed by atoms with Gasteiger partial charge in [-0.1, -0.05) is 117 Å². The SMILES string of the molecule is CCCCCc1cc(C)c(CCCCCCCCCCC(=O)OC[C@H](COP(=O)(O)OCCNC)OC(=O)CCCCCCCCCCc2oc(CCCCC)cc2C)o1. The fourth-order valence-electron chi connectivity index (χ4n) is 7.35. The number of hydrogen-bond acceptors (Lipinski definition) is 10. The summed E-state index contributed by atoms with van der Waals surface area (Å²) in [6.07, 6.45) is 27.8. The normalized spacial score (nSPS) is 13.1. The molecule has 11 nitrogen and oxygen atoms in total. The fraction of sp³-hybridized carbons (Fsp3) is 0.792. The van der Waals surface area contributed by atoms with Crippen LogP contribution in [0, 0.1) is 13.8 Å². The average molecular weight is 866 g/mol. The number of unbranched alkanes of at least 4 members (excludes halogenated alkanes) is 18. The summed E-state index contributed by atoms with van der Waals surface area (Å²) in [6, 6.07) is 4.42. The average Bonchev–Trinajstić information content (AvgIpc) is 3.76. The largest absolute Gasteiger partial charge is 0.472 e. The third kappa shape index (κ3) is 26.8. The smallest absolute Gasteiger partial charge is 0.466 e. The van der Waals surface area contributed by atoms with Crippen LogP contribution in [0.25, 0.3) is 0 Å². The number of aryl methyl sites for hydroxylation is 6. The first-order valence-electron chi connectivity index (χ1n) is 23.8. The van der Waals surface area contributed by atoms with Crippen molar-refractivity contribution in [2.75, 3.05) is 33.4 Å². The third-order valence-corrected chi connectivity index (χ3v) is 12.0. The number of carbonyl (C=O) groups excluding carboxylic acids is 2. The highest BCUT2D eigenvalue weighted by Gasteiger charge is 2.26. The van der Waals surface area contributed by atoms with E-state index in [1.165, 1.54) is 88.2 Å². The maximum atomic E-state index is 12.7. The molecule has 0 aliphatic carbocycles. The van der Waals surface area contributed by atoms with E-state index < -0.39 is 32.5 Å². The molecule has 0 aliphatic heterocycles. The second kappa shape index (κ2) is 34.1. The molecule has 0 amide bonds. The van der Waals surface area contributed by atoms with E-state index in [2.05, 4.69) is 45.1 Å². The number of phosphoric acid groups is 1. The van der Waals surface area contributed by atoms with Gasteiger partial charge in [-0.2, -0.15) is 0 Å². The Bertz CT molecular complexity index is 1440. The van der Waals surface area contributed by atoms with Gasteiger partial charge in [0.15, 0.2) is 6.10 Å². The summed E-state index contributed by atoms with van der Waals surface area (Å²) >= 11 is 0. The molecule has 0 saturated carbocycles. The number of hydrogen-bond donors (Lipinski definition) is 2. The van der Waals surface area contributed by atoms with Crippen molar-refractivity contribution in [1.82, 2.24) is 5.32 Å². The molecule has 0 aromatic carbocycles. The zero-order chi connectivity index (χ0) is 43.7. The summed E-state index contributed by atoms with van der Waals surface area (Å²) in [7, 11) is -2.68. The van der Waals surface area contributed by atoms with Gasteiger partial charge in [0.05, 0.1) is 13.2 Å². The van der Waals surface area contributed by atoms with Crippen LogP contribution in [0.2, 0.25) is 0 Å². The molecule has 2 N–H and O–H groups in total. The highest BCUT2D eigenvalue weighted by molar-refractivity contribution is 7.47. The van der Waals surface area contributed by atoms with Crippen molar-refractivity contribution in [3.63, 3.8) is 0 Å². The van der Waals surface area contributed by atoms with Crippen LogP contribution in [-0.2, 0) is 58.4 Å². The molecule has 0 fully saturated rings. The second-order valence-corrected chi connectivity index (χ2v) is 18.2. The summed E-state index contributed by atoms with van der Waals surface area (Å²) in [5.41, 5.74) is 2.56. The lowest BCUT2D eigenvalue weighted by atomic mass is 10.1. The molecular formula is C48H84NO10P. The van der Waals surface area contributed by atoms with E-state index >= 15 is 0 Å². The van der Waals surface area contributed by atoms with Gasteiger partial charge in [0, 0.05) is 45.1 Å². The maximum absolute atomic E-state index is 12.7. The summed E-state index contributed by atoms with van der Waals surface area (Å²) in [5.74, 6) is 3.71. The Morgan fingerprint density at radius 2 is 1.05 bits per heavy atom. The Morgan fingerprint density at radius 1 is 0.617 bits per heavy atom. The van der Waals surface area contributed by atoms with Crippen molar-refractivity contribution in [2.45, 2.75) is 214 Å². The van der Waals surface area contributed by atoms with E-state index in [1.807, 2.05) is 0 Å². The molecule has 346 valence electrons. The number of likely N-dealkylation sites (N-methyl/N-ethyl adjacent to an activating group) is 1. The molecule has 2 aromatic rings. The van der Waals surface area contributed by atoms with Crippen LogP contribution < -0.4 is 5.32 Å². The number of ether oxygens (including phenoxy) is 2. The van der Waals surface area contributed by atoms with Crippen LogP contribution in [0.1, 0.15) is 202 Å². The number of nitrogens with one attached hydrogen (secondary N) is 1. The molecule has 12 heteroatoms. The van der Waals surface area contributed by atoms with Gasteiger partial charge in [0.25, 0.3) is 0 Å². The molecule has 60 heavy (non-hydrogen) atoms. The standard InChI is InChI=1S/C48H84NO10P/c1-6-8-22-28-42-36-40(3)45(57-42)30-24-18-14-10-12-16-20-26-32-47(50)54-38-44(39-56-60(52,53)55-35-34-49-5)59-48(51)33-27-21-17-13-11-15-19-25-31-46-41(4)37-43(58-46)29-23-9-7-2/h36-37,44,49H,6-35,38-39H2,1-5H3,(H,52,53)/t44-/m1/s1. The van der Waals surface area contributed by atoms with Crippen LogP contribution >= 0.6 is 7.82 Å². The molecule has 2 heterocycles. The Kier molecular flexibility index (Phi) is 30.5. The fourth-order valence-corrected chi connectivity index (χ4v) is 8.10. The summed E-state index contributed by atoms with van der Waals surface area (Å²) < 4.78 is 45.6. The third-order valence-electron chi connectivity index (χ3n) is 11.0. The minimum Gasteiger partial charge on any atom is -0.466 e. The molecular weight excluding hydrogens is 781 g/mol. The number of furan rings is 2. The van der Waals surface area contributed by atoms with Crippen molar-refractivity contribution < 1.29 is 46.4 Å². The Balaban J connectivity index is 1.58. The van der Waals surface area contributed by atoms with Crippen molar-refractivity contribution in [2.24, 2.45) is 0 Å². The van der Waals surface area contributed by atoms with Crippen LogP contribution in [0.4, 0.5) is 0 Å². The molecule has 2 atom stereocenters. The van der Waals surface area contributed by atoms with Gasteiger partial charge in [0.1, 0.15) is 29.6 Å². The molecule has 0 saturated heterocycles. The van der Waals surface area contributed by atoms with Crippen LogP contribution in [0.3, 0.4) is 0 Å².